The van der Waals surface area contributed by atoms with Gasteiger partial charge in [0.15, 0.2) is 0 Å². The quantitative estimate of drug-likeness (QED) is 0.730. The first-order valence-electron chi connectivity index (χ1n) is 10.9. The number of piperidine rings is 1. The summed E-state index contributed by atoms with van der Waals surface area (Å²) in [5, 5.41) is 7.35. The molecule has 31 heavy (non-hydrogen) atoms. The third-order valence-electron chi connectivity index (χ3n) is 7.47. The lowest BCUT2D eigenvalue weighted by Crippen LogP contribution is -2.53. The molecular weight excluding hydrogens is 433 g/mol. The lowest BCUT2D eigenvalue weighted by Gasteiger charge is -2.40. The normalized spacial score (nSPS) is 32.0. The molecule has 0 aromatic heterocycles. The number of nitrogens with one attached hydrogen (secondary N) is 2. The number of hydrogen-bond donors (Lipinski definition) is 2. The van der Waals surface area contributed by atoms with Crippen molar-refractivity contribution in [1.82, 2.24) is 10.2 Å². The molecule has 3 heterocycles. The molecule has 0 bridgehead atoms. The van der Waals surface area contributed by atoms with Crippen LogP contribution in [0.2, 0.25) is 10.0 Å². The first kappa shape index (κ1) is 19.6. The fourth-order valence-electron chi connectivity index (χ4n) is 6.13. The second kappa shape index (κ2) is 6.96. The van der Waals surface area contributed by atoms with Crippen LogP contribution in [0.25, 0.3) is 0 Å². The second-order valence-electron chi connectivity index (χ2n) is 9.21. The van der Waals surface area contributed by atoms with E-state index in [1.165, 1.54) is 12.8 Å². The fraction of sp³-hybridized carbons (Fsp3) is 0.417. The van der Waals surface area contributed by atoms with Gasteiger partial charge in [0.05, 0.1) is 5.92 Å². The van der Waals surface area contributed by atoms with Crippen LogP contribution >= 0.6 is 23.2 Å². The van der Waals surface area contributed by atoms with Crippen molar-refractivity contribution in [3.05, 3.63) is 63.6 Å². The molecule has 4 aliphatic rings. The molecular formula is C24H23Cl2N3O2. The van der Waals surface area contributed by atoms with E-state index in [1.54, 1.807) is 0 Å². The molecule has 0 unspecified atom stereocenters. The van der Waals surface area contributed by atoms with Gasteiger partial charge in [-0.15, -0.1) is 0 Å². The summed E-state index contributed by atoms with van der Waals surface area (Å²) in [6, 6.07) is 13.3. The highest BCUT2D eigenvalue weighted by Crippen LogP contribution is 2.61. The predicted octanol–water partition coefficient (Wildman–Crippen LogP) is 4.15. The molecule has 2 saturated heterocycles. The highest BCUT2D eigenvalue weighted by atomic mass is 35.5. The van der Waals surface area contributed by atoms with Crippen LogP contribution in [0.4, 0.5) is 5.69 Å². The molecule has 1 spiro atoms. The minimum Gasteiger partial charge on any atom is -0.356 e. The Kier molecular flexibility index (Phi) is 4.40. The Morgan fingerprint density at radius 3 is 2.61 bits per heavy atom. The highest BCUT2D eigenvalue weighted by molar-refractivity contribution is 6.31. The maximum atomic E-state index is 13.9. The molecule has 6 rings (SSSR count). The summed E-state index contributed by atoms with van der Waals surface area (Å²) in [4.78, 5) is 29.6. The average molecular weight is 456 g/mol. The topological polar surface area (TPSA) is 61.4 Å². The second-order valence-corrected chi connectivity index (χ2v) is 10.1. The Hall–Kier alpha value is -2.08. The average Bonchev–Trinajstić information content (AvgIpc) is 3.45. The molecule has 2 N–H and O–H groups in total. The zero-order valence-corrected chi connectivity index (χ0v) is 18.4. The van der Waals surface area contributed by atoms with Crippen molar-refractivity contribution in [3.8, 4) is 0 Å². The van der Waals surface area contributed by atoms with Crippen LogP contribution in [-0.4, -0.2) is 35.8 Å². The van der Waals surface area contributed by atoms with E-state index in [2.05, 4.69) is 15.5 Å². The van der Waals surface area contributed by atoms with Crippen molar-refractivity contribution >= 4 is 40.7 Å². The molecule has 2 aromatic rings. The van der Waals surface area contributed by atoms with Gasteiger partial charge in [0.1, 0.15) is 5.54 Å². The molecule has 3 aliphatic heterocycles. The number of amides is 2. The van der Waals surface area contributed by atoms with Gasteiger partial charge >= 0.3 is 0 Å². The minimum absolute atomic E-state index is 0.00529. The van der Waals surface area contributed by atoms with Gasteiger partial charge in [-0.1, -0.05) is 41.4 Å². The Morgan fingerprint density at radius 1 is 1.03 bits per heavy atom. The van der Waals surface area contributed by atoms with Crippen molar-refractivity contribution in [3.63, 3.8) is 0 Å². The minimum atomic E-state index is -0.954. The van der Waals surface area contributed by atoms with Crippen LogP contribution in [0.5, 0.6) is 0 Å². The Labute approximate surface area is 191 Å². The number of likely N-dealkylation sites (tertiary alicyclic amines) is 1. The van der Waals surface area contributed by atoms with Crippen molar-refractivity contribution in [2.45, 2.75) is 36.8 Å². The number of fused-ring (bicyclic) bond motifs is 3. The van der Waals surface area contributed by atoms with Crippen molar-refractivity contribution in [2.24, 2.45) is 11.8 Å². The number of benzene rings is 2. The van der Waals surface area contributed by atoms with Gasteiger partial charge in [-0.05, 0) is 55.0 Å². The van der Waals surface area contributed by atoms with E-state index in [0.717, 1.165) is 29.8 Å². The molecule has 2 aromatic carbocycles. The molecule has 1 saturated carbocycles. The van der Waals surface area contributed by atoms with Crippen LogP contribution < -0.4 is 10.6 Å². The molecule has 2 amide bonds. The third kappa shape index (κ3) is 2.80. The lowest BCUT2D eigenvalue weighted by atomic mass is 9.70. The zero-order valence-electron chi connectivity index (χ0n) is 16.9. The summed E-state index contributed by atoms with van der Waals surface area (Å²) < 4.78 is 0. The Morgan fingerprint density at radius 2 is 1.84 bits per heavy atom. The summed E-state index contributed by atoms with van der Waals surface area (Å²) in [6.45, 7) is 1.45. The predicted molar refractivity (Wildman–Crippen MR) is 120 cm³/mol. The van der Waals surface area contributed by atoms with Gasteiger partial charge in [-0.3, -0.25) is 14.5 Å². The van der Waals surface area contributed by atoms with Crippen LogP contribution in [0.3, 0.4) is 0 Å². The molecule has 5 nitrogen and oxygen atoms in total. The van der Waals surface area contributed by atoms with Gasteiger partial charge in [0.2, 0.25) is 11.8 Å². The monoisotopic (exact) mass is 455 g/mol. The number of halogens is 2. The standard InChI is InChI=1S/C24H23Cl2N3O2/c25-15-3-1-2-14(10-15)21-20-19(8-9-27-22(20)30)29(12-13-4-5-13)24(21)17-7-6-16(26)11-18(17)28-23(24)31/h1-3,6-7,10-11,13,19-21H,4-5,8-9,12H2,(H,27,30)(H,28,31)/t19-,20+,21-,24+/m0/s1. The fourth-order valence-corrected chi connectivity index (χ4v) is 6.50. The summed E-state index contributed by atoms with van der Waals surface area (Å²) in [6.07, 6.45) is 3.18. The van der Waals surface area contributed by atoms with E-state index in [0.29, 0.717) is 22.5 Å². The molecule has 7 heteroatoms. The number of anilines is 1. The van der Waals surface area contributed by atoms with E-state index in [1.807, 2.05) is 42.5 Å². The highest BCUT2D eigenvalue weighted by Gasteiger charge is 2.68. The van der Waals surface area contributed by atoms with E-state index in [-0.39, 0.29) is 29.7 Å². The van der Waals surface area contributed by atoms with Crippen molar-refractivity contribution in [1.29, 1.82) is 0 Å². The zero-order chi connectivity index (χ0) is 21.3. The van der Waals surface area contributed by atoms with Gasteiger partial charge in [0, 0.05) is 46.3 Å². The number of nitrogens with zero attached hydrogens (tertiary/aromatic N) is 1. The summed E-state index contributed by atoms with van der Waals surface area (Å²) in [5.74, 6) is -0.132. The summed E-state index contributed by atoms with van der Waals surface area (Å²) >= 11 is 12.7. The molecule has 4 atom stereocenters. The van der Waals surface area contributed by atoms with Crippen LogP contribution in [-0.2, 0) is 15.1 Å². The summed E-state index contributed by atoms with van der Waals surface area (Å²) in [5.41, 5.74) is 1.62. The third-order valence-corrected chi connectivity index (χ3v) is 7.94. The summed E-state index contributed by atoms with van der Waals surface area (Å²) in [7, 11) is 0. The van der Waals surface area contributed by atoms with Gasteiger partial charge in [0.25, 0.3) is 0 Å². The van der Waals surface area contributed by atoms with Gasteiger partial charge in [-0.25, -0.2) is 0 Å². The maximum absolute atomic E-state index is 13.9. The molecule has 1 aliphatic carbocycles. The van der Waals surface area contributed by atoms with Crippen molar-refractivity contribution in [2.75, 3.05) is 18.4 Å². The number of rotatable bonds is 3. The van der Waals surface area contributed by atoms with E-state index < -0.39 is 5.54 Å². The van der Waals surface area contributed by atoms with E-state index >= 15 is 0 Å². The Balaban J connectivity index is 1.63. The largest absolute Gasteiger partial charge is 0.356 e. The molecule has 0 radical (unpaired) electrons. The smallest absolute Gasteiger partial charge is 0.250 e. The molecule has 160 valence electrons. The lowest BCUT2D eigenvalue weighted by molar-refractivity contribution is -0.128. The van der Waals surface area contributed by atoms with E-state index in [9.17, 15) is 9.59 Å². The van der Waals surface area contributed by atoms with Crippen LogP contribution in [0.1, 0.15) is 36.3 Å². The molecule has 3 fully saturated rings. The maximum Gasteiger partial charge on any atom is 0.250 e. The van der Waals surface area contributed by atoms with Gasteiger partial charge in [-0.2, -0.15) is 0 Å². The van der Waals surface area contributed by atoms with E-state index in [4.69, 9.17) is 23.2 Å². The number of carbonyl (C=O) groups excluding carboxylic acids is 2. The SMILES string of the molecule is O=C1NCC[C@H]2[C@@H]1[C@H](c1cccc(Cl)c1)[C@]1(C(=O)Nc3cc(Cl)ccc31)N2CC1CC1. The number of carbonyl (C=O) groups is 2. The van der Waals surface area contributed by atoms with Crippen LogP contribution in [0, 0.1) is 11.8 Å². The Bertz CT molecular complexity index is 1100. The van der Waals surface area contributed by atoms with Crippen molar-refractivity contribution < 1.29 is 9.59 Å². The van der Waals surface area contributed by atoms with Gasteiger partial charge < -0.3 is 10.6 Å². The first-order valence-corrected chi connectivity index (χ1v) is 11.7. The first-order chi connectivity index (χ1) is 15.0. The van der Waals surface area contributed by atoms with Crippen LogP contribution in [0.15, 0.2) is 42.5 Å². The number of hydrogen-bond acceptors (Lipinski definition) is 3.